The Hall–Kier alpha value is -0.930. The van der Waals surface area contributed by atoms with Gasteiger partial charge in [-0.1, -0.05) is 26.7 Å². The summed E-state index contributed by atoms with van der Waals surface area (Å²) in [5.41, 5.74) is 5.64. The summed E-state index contributed by atoms with van der Waals surface area (Å²) in [4.78, 5) is 2.01. The molecular weight excluding hydrogens is 164 g/mol. The molecule has 0 bridgehead atoms. The minimum atomic E-state index is 0.439. The van der Waals surface area contributed by atoms with Crippen molar-refractivity contribution in [3.8, 4) is 0 Å². The summed E-state index contributed by atoms with van der Waals surface area (Å²) in [6.45, 7) is 8.26. The van der Waals surface area contributed by atoms with Gasteiger partial charge in [0.05, 0.1) is 0 Å². The molecule has 0 radical (unpaired) electrons. The predicted molar refractivity (Wildman–Crippen MR) is 57.1 cm³/mol. The van der Waals surface area contributed by atoms with E-state index in [1.807, 2.05) is 4.90 Å². The molecule has 0 aromatic rings. The Morgan fingerprint density at radius 3 is 2.15 bits per heavy atom. The SMILES string of the molecule is CCC(CC)CN(CC)C(N)=NN. The van der Waals surface area contributed by atoms with Crippen LogP contribution in [0.4, 0.5) is 0 Å². The molecule has 0 unspecified atom stereocenters. The molecule has 4 heteroatoms. The minimum absolute atomic E-state index is 0.439. The topological polar surface area (TPSA) is 67.6 Å². The molecule has 0 fully saturated rings. The predicted octanol–water partition coefficient (Wildman–Crippen LogP) is 0.933. The molecule has 4 nitrogen and oxygen atoms in total. The number of guanidine groups is 1. The van der Waals surface area contributed by atoms with Crippen molar-refractivity contribution in [2.24, 2.45) is 22.6 Å². The standard InChI is InChI=1S/C9H22N4/c1-4-8(5-2)7-13(6-3)9(10)12-11/h8H,4-7,11H2,1-3H3,(H2,10,12). The molecule has 0 aliphatic carbocycles. The summed E-state index contributed by atoms with van der Waals surface area (Å²) < 4.78 is 0. The fourth-order valence-corrected chi connectivity index (χ4v) is 1.32. The lowest BCUT2D eigenvalue weighted by Gasteiger charge is -2.25. The van der Waals surface area contributed by atoms with Crippen molar-refractivity contribution in [3.05, 3.63) is 0 Å². The number of rotatable bonds is 5. The molecule has 13 heavy (non-hydrogen) atoms. The van der Waals surface area contributed by atoms with Crippen LogP contribution in [0.2, 0.25) is 0 Å². The Bertz CT molecular complexity index is 152. The van der Waals surface area contributed by atoms with E-state index in [0.717, 1.165) is 13.1 Å². The Labute approximate surface area is 81.0 Å². The second kappa shape index (κ2) is 6.57. The number of nitrogens with two attached hydrogens (primary N) is 2. The van der Waals surface area contributed by atoms with Gasteiger partial charge in [0.1, 0.15) is 0 Å². The molecule has 0 spiro atoms. The van der Waals surface area contributed by atoms with Gasteiger partial charge < -0.3 is 16.5 Å². The van der Waals surface area contributed by atoms with Crippen LogP contribution in [0.1, 0.15) is 33.6 Å². The molecule has 0 heterocycles. The quantitative estimate of drug-likeness (QED) is 0.290. The second-order valence-corrected chi connectivity index (χ2v) is 3.21. The smallest absolute Gasteiger partial charge is 0.213 e. The van der Waals surface area contributed by atoms with Crippen molar-refractivity contribution in [1.82, 2.24) is 4.90 Å². The highest BCUT2D eigenvalue weighted by atomic mass is 15.3. The average Bonchev–Trinajstić information content (AvgIpc) is 2.19. The van der Waals surface area contributed by atoms with Gasteiger partial charge in [-0.15, -0.1) is 5.10 Å². The number of hydrazone groups is 1. The monoisotopic (exact) mass is 186 g/mol. The van der Waals surface area contributed by atoms with E-state index in [9.17, 15) is 0 Å². The molecule has 0 rings (SSSR count). The van der Waals surface area contributed by atoms with E-state index in [-0.39, 0.29) is 0 Å². The van der Waals surface area contributed by atoms with Gasteiger partial charge in [0.15, 0.2) is 0 Å². The molecule has 0 saturated carbocycles. The summed E-state index contributed by atoms with van der Waals surface area (Å²) in [5.74, 6) is 6.25. The van der Waals surface area contributed by atoms with Crippen LogP contribution in [0.15, 0.2) is 5.10 Å². The van der Waals surface area contributed by atoms with Gasteiger partial charge >= 0.3 is 0 Å². The van der Waals surface area contributed by atoms with Gasteiger partial charge in [-0.2, -0.15) is 0 Å². The van der Waals surface area contributed by atoms with Crippen LogP contribution in [0.5, 0.6) is 0 Å². The third-order valence-corrected chi connectivity index (χ3v) is 2.47. The van der Waals surface area contributed by atoms with Crippen molar-refractivity contribution in [2.75, 3.05) is 13.1 Å². The lowest BCUT2D eigenvalue weighted by Crippen LogP contribution is -2.40. The van der Waals surface area contributed by atoms with E-state index in [1.54, 1.807) is 0 Å². The Kier molecular flexibility index (Phi) is 6.10. The van der Waals surface area contributed by atoms with Crippen LogP contribution in [0, 0.1) is 5.92 Å². The van der Waals surface area contributed by atoms with Crippen LogP contribution < -0.4 is 11.6 Å². The van der Waals surface area contributed by atoms with Crippen LogP contribution >= 0.6 is 0 Å². The number of hydrogen-bond acceptors (Lipinski definition) is 2. The van der Waals surface area contributed by atoms with Crippen LogP contribution in [-0.4, -0.2) is 23.9 Å². The summed E-state index contributed by atoms with van der Waals surface area (Å²) in [6, 6.07) is 0. The molecule has 78 valence electrons. The fraction of sp³-hybridized carbons (Fsp3) is 0.889. The highest BCUT2D eigenvalue weighted by Gasteiger charge is 2.11. The summed E-state index contributed by atoms with van der Waals surface area (Å²) in [5, 5.41) is 3.50. The third-order valence-electron chi connectivity index (χ3n) is 2.47. The van der Waals surface area contributed by atoms with Crippen LogP contribution in [0.25, 0.3) is 0 Å². The van der Waals surface area contributed by atoms with E-state index in [1.165, 1.54) is 12.8 Å². The van der Waals surface area contributed by atoms with Crippen molar-refractivity contribution in [3.63, 3.8) is 0 Å². The Balaban J connectivity index is 4.10. The van der Waals surface area contributed by atoms with Gasteiger partial charge in [0, 0.05) is 13.1 Å². The van der Waals surface area contributed by atoms with Gasteiger partial charge in [-0.25, -0.2) is 0 Å². The molecule has 0 amide bonds. The molecular formula is C9H22N4. The number of hydrogen-bond donors (Lipinski definition) is 2. The van der Waals surface area contributed by atoms with Gasteiger partial charge in [0.2, 0.25) is 5.96 Å². The Morgan fingerprint density at radius 1 is 1.31 bits per heavy atom. The summed E-state index contributed by atoms with van der Waals surface area (Å²) >= 11 is 0. The largest absolute Gasteiger partial charge is 0.368 e. The van der Waals surface area contributed by atoms with E-state index in [0.29, 0.717) is 11.9 Å². The van der Waals surface area contributed by atoms with E-state index in [4.69, 9.17) is 11.6 Å². The zero-order valence-electron chi connectivity index (χ0n) is 8.95. The zero-order chi connectivity index (χ0) is 10.3. The van der Waals surface area contributed by atoms with Crippen molar-refractivity contribution in [2.45, 2.75) is 33.6 Å². The molecule has 0 saturated heterocycles. The lowest BCUT2D eigenvalue weighted by atomic mass is 10.0. The molecule has 0 aromatic carbocycles. The van der Waals surface area contributed by atoms with Crippen LogP contribution in [-0.2, 0) is 0 Å². The second-order valence-electron chi connectivity index (χ2n) is 3.21. The Morgan fingerprint density at radius 2 is 1.85 bits per heavy atom. The van der Waals surface area contributed by atoms with E-state index in [2.05, 4.69) is 25.9 Å². The lowest BCUT2D eigenvalue weighted by molar-refractivity contribution is 0.331. The summed E-state index contributed by atoms with van der Waals surface area (Å²) in [7, 11) is 0. The first-order valence-corrected chi connectivity index (χ1v) is 4.97. The molecule has 4 N–H and O–H groups in total. The van der Waals surface area contributed by atoms with Gasteiger partial charge in [-0.3, -0.25) is 0 Å². The number of nitrogens with zero attached hydrogens (tertiary/aromatic N) is 2. The maximum atomic E-state index is 5.64. The van der Waals surface area contributed by atoms with Crippen LogP contribution in [0.3, 0.4) is 0 Å². The zero-order valence-corrected chi connectivity index (χ0v) is 8.95. The first-order valence-electron chi connectivity index (χ1n) is 4.97. The maximum absolute atomic E-state index is 5.64. The molecule has 0 aliphatic rings. The normalized spacial score (nSPS) is 12.2. The van der Waals surface area contributed by atoms with Crippen molar-refractivity contribution in [1.29, 1.82) is 0 Å². The van der Waals surface area contributed by atoms with Gasteiger partial charge in [0.25, 0.3) is 0 Å². The third kappa shape index (κ3) is 4.01. The highest BCUT2D eigenvalue weighted by molar-refractivity contribution is 5.77. The first kappa shape index (κ1) is 12.1. The van der Waals surface area contributed by atoms with Crippen molar-refractivity contribution >= 4 is 5.96 Å². The minimum Gasteiger partial charge on any atom is -0.368 e. The fourth-order valence-electron chi connectivity index (χ4n) is 1.32. The van der Waals surface area contributed by atoms with Gasteiger partial charge in [-0.05, 0) is 12.8 Å². The maximum Gasteiger partial charge on any atom is 0.213 e. The molecule has 0 aromatic heterocycles. The molecule has 0 aliphatic heterocycles. The average molecular weight is 186 g/mol. The summed E-state index contributed by atoms with van der Waals surface area (Å²) in [6.07, 6.45) is 2.34. The van der Waals surface area contributed by atoms with E-state index < -0.39 is 0 Å². The first-order chi connectivity index (χ1) is 6.19. The molecule has 0 atom stereocenters. The van der Waals surface area contributed by atoms with Crippen molar-refractivity contribution < 1.29 is 0 Å². The van der Waals surface area contributed by atoms with E-state index >= 15 is 0 Å². The highest BCUT2D eigenvalue weighted by Crippen LogP contribution is 2.09.